The molecule has 0 atom stereocenters. The minimum Gasteiger partial charge on any atom is -0.373 e. The van der Waals surface area contributed by atoms with Crippen molar-refractivity contribution in [3.8, 4) is 0 Å². The van der Waals surface area contributed by atoms with E-state index in [-0.39, 0.29) is 0 Å². The zero-order valence-electron chi connectivity index (χ0n) is 9.95. The van der Waals surface area contributed by atoms with E-state index in [4.69, 9.17) is 0 Å². The van der Waals surface area contributed by atoms with Gasteiger partial charge in [0.2, 0.25) is 0 Å². The lowest BCUT2D eigenvalue weighted by atomic mass is 10.2. The average molecular weight is 207 g/mol. The molecule has 0 radical (unpaired) electrons. The van der Waals surface area contributed by atoms with E-state index in [1.165, 1.54) is 17.7 Å². The van der Waals surface area contributed by atoms with Crippen LogP contribution in [0.1, 0.15) is 18.9 Å². The molecule has 0 amide bonds. The first kappa shape index (κ1) is 12.0. The Morgan fingerprint density at radius 2 is 2.20 bits per heavy atom. The molecule has 0 fully saturated rings. The summed E-state index contributed by atoms with van der Waals surface area (Å²) in [6.45, 7) is 7.45. The highest BCUT2D eigenvalue weighted by molar-refractivity contribution is 5.50. The van der Waals surface area contributed by atoms with Gasteiger partial charge in [-0.3, -0.25) is 4.98 Å². The Morgan fingerprint density at radius 3 is 2.87 bits per heavy atom. The Bertz CT molecular complexity index is 286. The van der Waals surface area contributed by atoms with Crippen LogP contribution < -0.4 is 10.2 Å². The monoisotopic (exact) mass is 207 g/mol. The Kier molecular flexibility index (Phi) is 5.12. The van der Waals surface area contributed by atoms with Gasteiger partial charge in [-0.25, -0.2) is 0 Å². The lowest BCUT2D eigenvalue weighted by molar-refractivity contribution is 0.665. The molecule has 1 aromatic heterocycles. The summed E-state index contributed by atoms with van der Waals surface area (Å²) in [5.41, 5.74) is 2.50. The van der Waals surface area contributed by atoms with E-state index in [1.54, 1.807) is 0 Å². The van der Waals surface area contributed by atoms with Gasteiger partial charge in [-0.05, 0) is 31.5 Å². The molecule has 0 aliphatic heterocycles. The summed E-state index contributed by atoms with van der Waals surface area (Å²) in [6, 6.07) is 2.06. The van der Waals surface area contributed by atoms with Crippen LogP contribution in [0, 0.1) is 6.92 Å². The molecule has 0 unspecified atom stereocenters. The molecule has 1 aromatic rings. The predicted octanol–water partition coefficient (Wildman–Crippen LogP) is 1.83. The van der Waals surface area contributed by atoms with Crippen LogP contribution in [0.15, 0.2) is 18.5 Å². The number of rotatable bonds is 6. The first-order valence-electron chi connectivity index (χ1n) is 5.58. The van der Waals surface area contributed by atoms with Gasteiger partial charge in [-0.15, -0.1) is 0 Å². The molecular formula is C12H21N3. The average Bonchev–Trinajstić information content (AvgIpc) is 2.25. The molecule has 15 heavy (non-hydrogen) atoms. The minimum atomic E-state index is 1.03. The van der Waals surface area contributed by atoms with E-state index in [2.05, 4.69) is 42.2 Å². The van der Waals surface area contributed by atoms with Crippen LogP contribution >= 0.6 is 0 Å². The molecule has 3 nitrogen and oxygen atoms in total. The van der Waals surface area contributed by atoms with Crippen LogP contribution in [0.3, 0.4) is 0 Å². The number of aromatic nitrogens is 1. The quantitative estimate of drug-likeness (QED) is 0.721. The standard InChI is InChI=1S/C12H21N3/c1-4-6-13-8-9-15(3)12-5-7-14-10-11(12)2/h5,7,10,13H,4,6,8-9H2,1-3H3. The zero-order valence-corrected chi connectivity index (χ0v) is 9.95. The van der Waals surface area contributed by atoms with E-state index in [0.29, 0.717) is 0 Å². The van der Waals surface area contributed by atoms with Gasteiger partial charge in [0.1, 0.15) is 0 Å². The van der Waals surface area contributed by atoms with Gasteiger partial charge in [-0.1, -0.05) is 6.92 Å². The summed E-state index contributed by atoms with van der Waals surface area (Å²) in [4.78, 5) is 6.36. The Hall–Kier alpha value is -1.09. The molecule has 3 heteroatoms. The fraction of sp³-hybridized carbons (Fsp3) is 0.583. The van der Waals surface area contributed by atoms with Crippen molar-refractivity contribution in [1.82, 2.24) is 10.3 Å². The van der Waals surface area contributed by atoms with Gasteiger partial charge in [0.25, 0.3) is 0 Å². The Labute approximate surface area is 92.5 Å². The fourth-order valence-corrected chi connectivity index (χ4v) is 1.56. The molecular weight excluding hydrogens is 186 g/mol. The number of likely N-dealkylation sites (N-methyl/N-ethyl adjacent to an activating group) is 1. The molecule has 0 bridgehead atoms. The summed E-state index contributed by atoms with van der Waals surface area (Å²) in [7, 11) is 2.12. The lowest BCUT2D eigenvalue weighted by Gasteiger charge is -2.21. The van der Waals surface area contributed by atoms with Crippen LogP contribution in [0.25, 0.3) is 0 Å². The van der Waals surface area contributed by atoms with Crippen LogP contribution in [0.4, 0.5) is 5.69 Å². The van der Waals surface area contributed by atoms with Gasteiger partial charge >= 0.3 is 0 Å². The van der Waals surface area contributed by atoms with Crippen molar-refractivity contribution in [3.63, 3.8) is 0 Å². The number of pyridine rings is 1. The minimum absolute atomic E-state index is 1.03. The van der Waals surface area contributed by atoms with Crippen LogP contribution in [-0.4, -0.2) is 31.7 Å². The Morgan fingerprint density at radius 1 is 1.40 bits per heavy atom. The maximum Gasteiger partial charge on any atom is 0.0424 e. The summed E-state index contributed by atoms with van der Waals surface area (Å²) in [6.07, 6.45) is 4.95. The van der Waals surface area contributed by atoms with E-state index < -0.39 is 0 Å². The summed E-state index contributed by atoms with van der Waals surface area (Å²) >= 11 is 0. The molecule has 0 spiro atoms. The number of anilines is 1. The number of aryl methyl sites for hydroxylation is 1. The van der Waals surface area contributed by atoms with Gasteiger partial charge in [0, 0.05) is 38.2 Å². The van der Waals surface area contributed by atoms with Crippen molar-refractivity contribution < 1.29 is 0 Å². The van der Waals surface area contributed by atoms with Crippen LogP contribution in [-0.2, 0) is 0 Å². The van der Waals surface area contributed by atoms with Gasteiger partial charge in [-0.2, -0.15) is 0 Å². The molecule has 1 heterocycles. The first-order chi connectivity index (χ1) is 7.25. The molecule has 0 saturated heterocycles. The molecule has 1 rings (SSSR count). The highest BCUT2D eigenvalue weighted by Gasteiger charge is 2.02. The Balaban J connectivity index is 2.40. The second-order valence-corrected chi connectivity index (χ2v) is 3.83. The summed E-state index contributed by atoms with van der Waals surface area (Å²) in [5, 5.41) is 3.40. The van der Waals surface area contributed by atoms with Crippen molar-refractivity contribution in [1.29, 1.82) is 0 Å². The third-order valence-electron chi connectivity index (χ3n) is 2.45. The van der Waals surface area contributed by atoms with E-state index in [9.17, 15) is 0 Å². The third kappa shape index (κ3) is 3.88. The van der Waals surface area contributed by atoms with Crippen molar-refractivity contribution in [2.75, 3.05) is 31.6 Å². The van der Waals surface area contributed by atoms with Gasteiger partial charge in [0.15, 0.2) is 0 Å². The number of nitrogens with one attached hydrogen (secondary N) is 1. The number of hydrogen-bond acceptors (Lipinski definition) is 3. The summed E-state index contributed by atoms with van der Waals surface area (Å²) < 4.78 is 0. The molecule has 0 aliphatic carbocycles. The second-order valence-electron chi connectivity index (χ2n) is 3.83. The highest BCUT2D eigenvalue weighted by Crippen LogP contribution is 2.15. The summed E-state index contributed by atoms with van der Waals surface area (Å²) in [5.74, 6) is 0. The largest absolute Gasteiger partial charge is 0.373 e. The van der Waals surface area contributed by atoms with Gasteiger partial charge < -0.3 is 10.2 Å². The van der Waals surface area contributed by atoms with Crippen LogP contribution in [0.2, 0.25) is 0 Å². The molecule has 0 aliphatic rings. The van der Waals surface area contributed by atoms with Crippen molar-refractivity contribution in [2.24, 2.45) is 0 Å². The van der Waals surface area contributed by atoms with E-state index in [0.717, 1.165) is 19.6 Å². The van der Waals surface area contributed by atoms with Crippen LogP contribution in [0.5, 0.6) is 0 Å². The van der Waals surface area contributed by atoms with Crippen molar-refractivity contribution >= 4 is 5.69 Å². The maximum atomic E-state index is 4.09. The predicted molar refractivity (Wildman–Crippen MR) is 65.4 cm³/mol. The first-order valence-corrected chi connectivity index (χ1v) is 5.58. The topological polar surface area (TPSA) is 28.2 Å². The van der Waals surface area contributed by atoms with Crippen molar-refractivity contribution in [2.45, 2.75) is 20.3 Å². The number of nitrogens with zero attached hydrogens (tertiary/aromatic N) is 2. The van der Waals surface area contributed by atoms with E-state index >= 15 is 0 Å². The van der Waals surface area contributed by atoms with Gasteiger partial charge in [0.05, 0.1) is 0 Å². The number of hydrogen-bond donors (Lipinski definition) is 1. The molecule has 1 N–H and O–H groups in total. The SMILES string of the molecule is CCCNCCN(C)c1ccncc1C. The second kappa shape index (κ2) is 6.40. The maximum absolute atomic E-state index is 4.09. The van der Waals surface area contributed by atoms with E-state index in [1.807, 2.05) is 12.4 Å². The fourth-order valence-electron chi connectivity index (χ4n) is 1.56. The highest BCUT2D eigenvalue weighted by atomic mass is 15.1. The molecule has 84 valence electrons. The normalized spacial score (nSPS) is 10.3. The smallest absolute Gasteiger partial charge is 0.0424 e. The molecule has 0 aromatic carbocycles. The molecule has 0 saturated carbocycles. The van der Waals surface area contributed by atoms with Crippen molar-refractivity contribution in [3.05, 3.63) is 24.0 Å². The zero-order chi connectivity index (χ0) is 11.1. The lowest BCUT2D eigenvalue weighted by Crippen LogP contribution is -2.29. The third-order valence-corrected chi connectivity index (χ3v) is 2.45.